The van der Waals surface area contributed by atoms with Crippen LogP contribution in [0, 0.1) is 19.8 Å². The molecule has 5 nitrogen and oxygen atoms in total. The van der Waals surface area contributed by atoms with Crippen LogP contribution >= 0.6 is 0 Å². The Morgan fingerprint density at radius 2 is 1.92 bits per heavy atom. The fourth-order valence-electron chi connectivity index (χ4n) is 3.21. The van der Waals surface area contributed by atoms with Gasteiger partial charge in [0.1, 0.15) is 0 Å². The zero-order valence-electron chi connectivity index (χ0n) is 15.8. The summed E-state index contributed by atoms with van der Waals surface area (Å²) in [6.07, 6.45) is 1.57. The SMILES string of the molecule is Cc1nn(C)c(C)c1CC(C)C(=O)N(CCN)CCc1ccccc1. The van der Waals surface area contributed by atoms with E-state index in [1.165, 1.54) is 11.1 Å². The molecule has 2 N–H and O–H groups in total. The molecule has 2 rings (SSSR count). The minimum absolute atomic E-state index is 0.0797. The van der Waals surface area contributed by atoms with E-state index in [0.717, 1.165) is 24.2 Å². The molecule has 0 spiro atoms. The number of aryl methyl sites for hydroxylation is 2. The smallest absolute Gasteiger partial charge is 0.225 e. The lowest BCUT2D eigenvalue weighted by molar-refractivity contribution is -0.134. The number of rotatable bonds is 8. The van der Waals surface area contributed by atoms with Gasteiger partial charge in [-0.25, -0.2) is 0 Å². The first kappa shape index (κ1) is 19.2. The van der Waals surface area contributed by atoms with E-state index in [2.05, 4.69) is 24.2 Å². The second kappa shape index (κ2) is 8.81. The number of nitrogens with two attached hydrogens (primary N) is 1. The fourth-order valence-corrected chi connectivity index (χ4v) is 3.21. The number of aromatic nitrogens is 2. The molecule has 25 heavy (non-hydrogen) atoms. The Kier molecular flexibility index (Phi) is 6.76. The van der Waals surface area contributed by atoms with Gasteiger partial charge < -0.3 is 10.6 Å². The predicted octanol–water partition coefficient (Wildman–Crippen LogP) is 2.25. The van der Waals surface area contributed by atoms with Gasteiger partial charge >= 0.3 is 0 Å². The van der Waals surface area contributed by atoms with E-state index in [-0.39, 0.29) is 11.8 Å². The number of carbonyl (C=O) groups excluding carboxylic acids is 1. The molecule has 1 heterocycles. The first-order valence-electron chi connectivity index (χ1n) is 8.95. The fraction of sp³-hybridized carbons (Fsp3) is 0.500. The van der Waals surface area contributed by atoms with Crippen molar-refractivity contribution < 1.29 is 4.79 Å². The molecule has 0 aliphatic carbocycles. The van der Waals surface area contributed by atoms with Gasteiger partial charge in [-0.05, 0) is 37.8 Å². The standard InChI is InChI=1S/C20H30N4O/c1-15(14-19-16(2)22-23(4)17(19)3)20(25)24(13-11-21)12-10-18-8-6-5-7-9-18/h5-9,15H,10-14,21H2,1-4H3. The highest BCUT2D eigenvalue weighted by Crippen LogP contribution is 2.18. The topological polar surface area (TPSA) is 64.2 Å². The third-order valence-corrected chi connectivity index (χ3v) is 4.81. The van der Waals surface area contributed by atoms with Crippen LogP contribution in [0.5, 0.6) is 0 Å². The average molecular weight is 342 g/mol. The monoisotopic (exact) mass is 342 g/mol. The lowest BCUT2D eigenvalue weighted by Crippen LogP contribution is -2.40. The Balaban J connectivity index is 2.02. The maximum atomic E-state index is 12.9. The van der Waals surface area contributed by atoms with Crippen molar-refractivity contribution in [2.75, 3.05) is 19.6 Å². The van der Waals surface area contributed by atoms with E-state index in [1.54, 1.807) is 0 Å². The molecule has 1 amide bonds. The molecule has 0 saturated heterocycles. The van der Waals surface area contributed by atoms with Gasteiger partial charge in [0, 0.05) is 38.3 Å². The molecule has 1 aromatic heterocycles. The second-order valence-electron chi connectivity index (χ2n) is 6.73. The first-order chi connectivity index (χ1) is 11.9. The molecule has 136 valence electrons. The van der Waals surface area contributed by atoms with Crippen LogP contribution in [0.1, 0.15) is 29.4 Å². The maximum Gasteiger partial charge on any atom is 0.225 e. The van der Waals surface area contributed by atoms with Gasteiger partial charge in [0.05, 0.1) is 5.69 Å². The number of carbonyl (C=O) groups is 1. The van der Waals surface area contributed by atoms with E-state index in [4.69, 9.17) is 5.73 Å². The highest BCUT2D eigenvalue weighted by Gasteiger charge is 2.22. The molecule has 0 saturated carbocycles. The van der Waals surface area contributed by atoms with Crippen molar-refractivity contribution >= 4 is 5.91 Å². The minimum Gasteiger partial charge on any atom is -0.341 e. The molecule has 1 aromatic carbocycles. The van der Waals surface area contributed by atoms with Crippen molar-refractivity contribution in [2.24, 2.45) is 18.7 Å². The summed E-state index contributed by atoms with van der Waals surface area (Å²) in [6, 6.07) is 10.3. The average Bonchev–Trinajstić information content (AvgIpc) is 2.85. The Morgan fingerprint density at radius 3 is 2.48 bits per heavy atom. The summed E-state index contributed by atoms with van der Waals surface area (Å²) in [5, 5.41) is 4.45. The Morgan fingerprint density at radius 1 is 1.24 bits per heavy atom. The third-order valence-electron chi connectivity index (χ3n) is 4.81. The van der Waals surface area contributed by atoms with Crippen molar-refractivity contribution in [2.45, 2.75) is 33.6 Å². The van der Waals surface area contributed by atoms with Crippen LogP contribution in [0.4, 0.5) is 0 Å². The van der Waals surface area contributed by atoms with Gasteiger partial charge in [-0.15, -0.1) is 0 Å². The minimum atomic E-state index is -0.0797. The Bertz CT molecular complexity index is 693. The maximum absolute atomic E-state index is 12.9. The molecule has 0 radical (unpaired) electrons. The predicted molar refractivity (Wildman–Crippen MR) is 101 cm³/mol. The van der Waals surface area contributed by atoms with Crippen LogP contribution in [0.3, 0.4) is 0 Å². The van der Waals surface area contributed by atoms with Crippen LogP contribution in [0.2, 0.25) is 0 Å². The molecule has 5 heteroatoms. The highest BCUT2D eigenvalue weighted by molar-refractivity contribution is 5.79. The summed E-state index contributed by atoms with van der Waals surface area (Å²) in [7, 11) is 1.94. The van der Waals surface area contributed by atoms with Gasteiger partial charge in [0.15, 0.2) is 0 Å². The number of amides is 1. The van der Waals surface area contributed by atoms with Crippen LogP contribution < -0.4 is 5.73 Å². The molecule has 0 bridgehead atoms. The Labute approximate surface area is 150 Å². The summed E-state index contributed by atoms with van der Waals surface area (Å²) in [6.45, 7) is 7.85. The number of hydrogen-bond acceptors (Lipinski definition) is 3. The second-order valence-corrected chi connectivity index (χ2v) is 6.73. The van der Waals surface area contributed by atoms with Gasteiger partial charge in [-0.3, -0.25) is 9.48 Å². The van der Waals surface area contributed by atoms with E-state index < -0.39 is 0 Å². The normalized spacial score (nSPS) is 12.2. The van der Waals surface area contributed by atoms with Crippen LogP contribution in [-0.4, -0.2) is 40.2 Å². The summed E-state index contributed by atoms with van der Waals surface area (Å²) in [5.74, 6) is 0.0907. The number of benzene rings is 1. The zero-order chi connectivity index (χ0) is 18.4. The number of hydrogen-bond donors (Lipinski definition) is 1. The molecule has 1 unspecified atom stereocenters. The molecule has 2 aromatic rings. The van der Waals surface area contributed by atoms with Gasteiger partial charge in [-0.1, -0.05) is 37.3 Å². The van der Waals surface area contributed by atoms with E-state index in [9.17, 15) is 4.79 Å². The van der Waals surface area contributed by atoms with Gasteiger partial charge in [-0.2, -0.15) is 5.10 Å². The van der Waals surface area contributed by atoms with Crippen LogP contribution in [0.15, 0.2) is 30.3 Å². The molecule has 0 fully saturated rings. The quantitative estimate of drug-likeness (QED) is 0.800. The zero-order valence-corrected chi connectivity index (χ0v) is 15.8. The van der Waals surface area contributed by atoms with Gasteiger partial charge in [0.25, 0.3) is 0 Å². The van der Waals surface area contributed by atoms with Crippen molar-refractivity contribution in [1.29, 1.82) is 0 Å². The van der Waals surface area contributed by atoms with Crippen LogP contribution in [0.25, 0.3) is 0 Å². The van der Waals surface area contributed by atoms with E-state index >= 15 is 0 Å². The third kappa shape index (κ3) is 4.92. The van der Waals surface area contributed by atoms with Crippen LogP contribution in [-0.2, 0) is 24.7 Å². The summed E-state index contributed by atoms with van der Waals surface area (Å²) in [5.41, 5.74) is 10.3. The first-order valence-corrected chi connectivity index (χ1v) is 8.95. The molecular weight excluding hydrogens is 312 g/mol. The summed E-state index contributed by atoms with van der Waals surface area (Å²) >= 11 is 0. The highest BCUT2D eigenvalue weighted by atomic mass is 16.2. The van der Waals surface area contributed by atoms with Crippen molar-refractivity contribution in [1.82, 2.24) is 14.7 Å². The molecule has 1 atom stereocenters. The molecular formula is C20H30N4O. The lowest BCUT2D eigenvalue weighted by atomic mass is 9.98. The number of nitrogens with zero attached hydrogens (tertiary/aromatic N) is 3. The van der Waals surface area contributed by atoms with E-state index in [0.29, 0.717) is 19.6 Å². The summed E-state index contributed by atoms with van der Waals surface area (Å²) in [4.78, 5) is 14.8. The van der Waals surface area contributed by atoms with Crippen molar-refractivity contribution in [3.05, 3.63) is 52.8 Å². The van der Waals surface area contributed by atoms with Crippen molar-refractivity contribution in [3.63, 3.8) is 0 Å². The van der Waals surface area contributed by atoms with Gasteiger partial charge in [0.2, 0.25) is 5.91 Å². The molecule has 0 aliphatic rings. The van der Waals surface area contributed by atoms with E-state index in [1.807, 2.05) is 48.7 Å². The molecule has 0 aliphatic heterocycles. The largest absolute Gasteiger partial charge is 0.341 e. The summed E-state index contributed by atoms with van der Waals surface area (Å²) < 4.78 is 1.88. The lowest BCUT2D eigenvalue weighted by Gasteiger charge is -2.25. The Hall–Kier alpha value is -2.14. The van der Waals surface area contributed by atoms with Crippen molar-refractivity contribution in [3.8, 4) is 0 Å².